The molecule has 3 fully saturated rings. The Balaban J connectivity index is 1.43. The molecule has 2 saturated carbocycles. The molecular formula is C23H35N. The molecule has 2 aliphatic carbocycles. The van der Waals surface area contributed by atoms with Gasteiger partial charge in [-0.3, -0.25) is 0 Å². The number of hydrogen-bond donors (Lipinski definition) is 0. The van der Waals surface area contributed by atoms with Crippen molar-refractivity contribution in [2.24, 2.45) is 11.8 Å². The van der Waals surface area contributed by atoms with Crippen LogP contribution in [0.3, 0.4) is 0 Å². The zero-order valence-electron chi connectivity index (χ0n) is 15.8. The minimum Gasteiger partial charge on any atom is -0.300 e. The quantitative estimate of drug-likeness (QED) is 0.688. The summed E-state index contributed by atoms with van der Waals surface area (Å²) in [7, 11) is 0. The van der Waals surface area contributed by atoms with Crippen molar-refractivity contribution in [1.29, 1.82) is 0 Å². The van der Waals surface area contributed by atoms with Gasteiger partial charge in [0.25, 0.3) is 0 Å². The molecule has 0 radical (unpaired) electrons. The molecular weight excluding hydrogens is 290 g/mol. The minimum atomic E-state index is 0.438. The van der Waals surface area contributed by atoms with Gasteiger partial charge in [0.2, 0.25) is 0 Å². The molecule has 4 rings (SSSR count). The highest BCUT2D eigenvalue weighted by atomic mass is 15.2. The van der Waals surface area contributed by atoms with E-state index >= 15 is 0 Å². The summed E-state index contributed by atoms with van der Waals surface area (Å²) in [6, 6.07) is 10.1. The van der Waals surface area contributed by atoms with Gasteiger partial charge in [0.15, 0.2) is 0 Å². The lowest BCUT2D eigenvalue weighted by molar-refractivity contribution is 0.110. The number of nitrogens with zero attached hydrogens (tertiary/aromatic N) is 1. The Bertz CT molecular complexity index is 541. The first-order valence-corrected chi connectivity index (χ1v) is 10.5. The molecule has 1 aromatic rings. The Morgan fingerprint density at radius 1 is 1.00 bits per heavy atom. The molecule has 1 saturated heterocycles. The average Bonchev–Trinajstić information content (AvgIpc) is 3.06. The van der Waals surface area contributed by atoms with Crippen LogP contribution in [0.1, 0.15) is 75.8 Å². The number of hydrogen-bond acceptors (Lipinski definition) is 1. The van der Waals surface area contributed by atoms with E-state index < -0.39 is 0 Å². The third-order valence-corrected chi connectivity index (χ3v) is 7.88. The summed E-state index contributed by atoms with van der Waals surface area (Å²) in [6.45, 7) is 7.37. The molecule has 2 unspecified atom stereocenters. The monoisotopic (exact) mass is 325 g/mol. The van der Waals surface area contributed by atoms with E-state index in [-0.39, 0.29) is 0 Å². The van der Waals surface area contributed by atoms with Gasteiger partial charge in [0, 0.05) is 6.04 Å². The van der Waals surface area contributed by atoms with Gasteiger partial charge >= 0.3 is 0 Å². The van der Waals surface area contributed by atoms with Crippen LogP contribution in [-0.4, -0.2) is 24.0 Å². The zero-order chi connectivity index (χ0) is 16.6. The first-order chi connectivity index (χ1) is 11.7. The Labute approximate surface area is 148 Å². The summed E-state index contributed by atoms with van der Waals surface area (Å²) in [6.07, 6.45) is 13.1. The fourth-order valence-electron chi connectivity index (χ4n) is 6.30. The van der Waals surface area contributed by atoms with Crippen LogP contribution in [0.4, 0.5) is 0 Å². The van der Waals surface area contributed by atoms with Crippen molar-refractivity contribution in [1.82, 2.24) is 4.90 Å². The number of aryl methyl sites for hydroxylation is 1. The average molecular weight is 326 g/mol. The molecule has 1 aromatic carbocycles. The molecule has 0 amide bonds. The fourth-order valence-corrected chi connectivity index (χ4v) is 6.30. The van der Waals surface area contributed by atoms with E-state index in [0.717, 1.165) is 17.9 Å². The van der Waals surface area contributed by atoms with Gasteiger partial charge in [-0.1, -0.05) is 56.9 Å². The highest BCUT2D eigenvalue weighted by Crippen LogP contribution is 2.46. The van der Waals surface area contributed by atoms with Gasteiger partial charge in [-0.2, -0.15) is 0 Å². The van der Waals surface area contributed by atoms with E-state index in [1.807, 2.05) is 0 Å². The normalized spacial score (nSPS) is 33.3. The number of piperidine rings is 1. The van der Waals surface area contributed by atoms with Gasteiger partial charge in [-0.15, -0.1) is 0 Å². The second kappa shape index (κ2) is 6.83. The SMILES string of the molecule is CCC1(c2ccccc2C)CCN(C2CC3CCCCC3C2)CC1. The number of benzene rings is 1. The summed E-state index contributed by atoms with van der Waals surface area (Å²) in [5.41, 5.74) is 3.57. The largest absolute Gasteiger partial charge is 0.300 e. The van der Waals surface area contributed by atoms with E-state index in [1.54, 1.807) is 5.56 Å². The molecule has 1 nitrogen and oxygen atoms in total. The Hall–Kier alpha value is -0.820. The lowest BCUT2D eigenvalue weighted by Crippen LogP contribution is -2.46. The molecule has 24 heavy (non-hydrogen) atoms. The molecule has 0 N–H and O–H groups in total. The molecule has 0 bridgehead atoms. The van der Waals surface area contributed by atoms with Crippen molar-refractivity contribution in [3.8, 4) is 0 Å². The molecule has 2 atom stereocenters. The van der Waals surface area contributed by atoms with Crippen LogP contribution in [0.5, 0.6) is 0 Å². The summed E-state index contributed by atoms with van der Waals surface area (Å²) < 4.78 is 0. The highest BCUT2D eigenvalue weighted by molar-refractivity contribution is 5.34. The van der Waals surface area contributed by atoms with Crippen molar-refractivity contribution in [2.75, 3.05) is 13.1 Å². The van der Waals surface area contributed by atoms with Crippen LogP contribution in [0.15, 0.2) is 24.3 Å². The van der Waals surface area contributed by atoms with Crippen molar-refractivity contribution >= 4 is 0 Å². The Morgan fingerprint density at radius 3 is 2.21 bits per heavy atom. The van der Waals surface area contributed by atoms with Gasteiger partial charge in [0.1, 0.15) is 0 Å². The fraction of sp³-hybridized carbons (Fsp3) is 0.739. The smallest absolute Gasteiger partial charge is 0.0101 e. The lowest BCUT2D eigenvalue weighted by Gasteiger charge is -2.44. The Kier molecular flexibility index (Phi) is 4.73. The molecule has 0 spiro atoms. The van der Waals surface area contributed by atoms with Crippen LogP contribution in [0.25, 0.3) is 0 Å². The van der Waals surface area contributed by atoms with Gasteiger partial charge in [-0.05, 0) is 80.5 Å². The predicted octanol–water partition coefficient (Wildman–Crippen LogP) is 5.71. The maximum atomic E-state index is 2.88. The number of likely N-dealkylation sites (tertiary alicyclic amines) is 1. The van der Waals surface area contributed by atoms with E-state index in [2.05, 4.69) is 43.0 Å². The van der Waals surface area contributed by atoms with E-state index in [4.69, 9.17) is 0 Å². The second-order valence-electron chi connectivity index (χ2n) is 8.91. The predicted molar refractivity (Wildman–Crippen MR) is 102 cm³/mol. The number of rotatable bonds is 3. The van der Waals surface area contributed by atoms with Crippen molar-refractivity contribution < 1.29 is 0 Å². The first-order valence-electron chi connectivity index (χ1n) is 10.5. The molecule has 1 heterocycles. The summed E-state index contributed by atoms with van der Waals surface area (Å²) in [5, 5.41) is 0. The van der Waals surface area contributed by atoms with Crippen LogP contribution in [0, 0.1) is 18.8 Å². The van der Waals surface area contributed by atoms with Crippen molar-refractivity contribution in [3.05, 3.63) is 35.4 Å². The molecule has 1 aliphatic heterocycles. The zero-order valence-corrected chi connectivity index (χ0v) is 15.8. The van der Waals surface area contributed by atoms with Crippen LogP contribution in [0.2, 0.25) is 0 Å². The number of fused-ring (bicyclic) bond motifs is 1. The maximum Gasteiger partial charge on any atom is 0.0101 e. The van der Waals surface area contributed by atoms with E-state index in [1.165, 1.54) is 76.4 Å². The van der Waals surface area contributed by atoms with Crippen LogP contribution < -0.4 is 0 Å². The maximum absolute atomic E-state index is 2.88. The first kappa shape index (κ1) is 16.6. The van der Waals surface area contributed by atoms with E-state index in [0.29, 0.717) is 5.41 Å². The van der Waals surface area contributed by atoms with Gasteiger partial charge in [0.05, 0.1) is 0 Å². The van der Waals surface area contributed by atoms with Crippen LogP contribution >= 0.6 is 0 Å². The van der Waals surface area contributed by atoms with Crippen molar-refractivity contribution in [3.63, 3.8) is 0 Å². The van der Waals surface area contributed by atoms with Gasteiger partial charge < -0.3 is 4.90 Å². The highest BCUT2D eigenvalue weighted by Gasteiger charge is 2.42. The molecule has 1 heteroatoms. The molecule has 132 valence electrons. The van der Waals surface area contributed by atoms with E-state index in [9.17, 15) is 0 Å². The van der Waals surface area contributed by atoms with Crippen molar-refractivity contribution in [2.45, 2.75) is 83.1 Å². The Morgan fingerprint density at radius 2 is 1.62 bits per heavy atom. The summed E-state index contributed by atoms with van der Waals surface area (Å²) in [5.74, 6) is 2.14. The second-order valence-corrected chi connectivity index (χ2v) is 8.91. The molecule has 0 aromatic heterocycles. The van der Waals surface area contributed by atoms with Gasteiger partial charge in [-0.25, -0.2) is 0 Å². The topological polar surface area (TPSA) is 3.24 Å². The van der Waals surface area contributed by atoms with Crippen LogP contribution in [-0.2, 0) is 5.41 Å². The summed E-state index contributed by atoms with van der Waals surface area (Å²) >= 11 is 0. The molecule has 3 aliphatic rings. The third-order valence-electron chi connectivity index (χ3n) is 7.88. The summed E-state index contributed by atoms with van der Waals surface area (Å²) in [4.78, 5) is 2.88. The third kappa shape index (κ3) is 2.94. The lowest BCUT2D eigenvalue weighted by atomic mass is 9.69. The minimum absolute atomic E-state index is 0.438. The standard InChI is InChI=1S/C23H35N/c1-3-23(22-11-7-4-8-18(22)2)12-14-24(15-13-23)21-16-19-9-5-6-10-20(19)17-21/h4,7-8,11,19-21H,3,5-6,9-10,12-17H2,1-2H3.